The molecular weight excluding hydrogens is 152 g/mol. The van der Waals surface area contributed by atoms with E-state index in [4.69, 9.17) is 0 Å². The lowest BCUT2D eigenvalue weighted by Gasteiger charge is -2.31. The van der Waals surface area contributed by atoms with Crippen molar-refractivity contribution in [1.29, 1.82) is 0 Å². The van der Waals surface area contributed by atoms with Gasteiger partial charge in [0.25, 0.3) is 0 Å². The standard InChI is InChI=1S/C10H14O2/c11-4-3-10(7-12)6-8-1-2-9(10)5-8/h1-2,4,8-9,12H,3,5-7H2. The van der Waals surface area contributed by atoms with Crippen LogP contribution in [-0.4, -0.2) is 18.0 Å². The van der Waals surface area contributed by atoms with E-state index in [0.29, 0.717) is 18.3 Å². The number of hydrogen-bond acceptors (Lipinski definition) is 2. The van der Waals surface area contributed by atoms with Crippen LogP contribution in [-0.2, 0) is 4.79 Å². The van der Waals surface area contributed by atoms with Gasteiger partial charge in [-0.3, -0.25) is 0 Å². The number of aldehydes is 1. The first kappa shape index (κ1) is 7.99. The zero-order valence-corrected chi connectivity index (χ0v) is 7.07. The molecule has 1 N–H and O–H groups in total. The van der Waals surface area contributed by atoms with Crippen LogP contribution >= 0.6 is 0 Å². The summed E-state index contributed by atoms with van der Waals surface area (Å²) in [6.07, 6.45) is 8.02. The smallest absolute Gasteiger partial charge is 0.120 e. The van der Waals surface area contributed by atoms with Gasteiger partial charge in [-0.05, 0) is 24.7 Å². The quantitative estimate of drug-likeness (QED) is 0.504. The molecule has 0 aromatic heterocycles. The van der Waals surface area contributed by atoms with Crippen molar-refractivity contribution < 1.29 is 9.90 Å². The predicted octanol–water partition coefficient (Wildman–Crippen LogP) is 1.15. The van der Waals surface area contributed by atoms with Gasteiger partial charge in [0.05, 0.1) is 0 Å². The van der Waals surface area contributed by atoms with E-state index >= 15 is 0 Å². The number of aliphatic hydroxyl groups is 1. The molecular formula is C10H14O2. The lowest BCUT2D eigenvalue weighted by Crippen LogP contribution is -2.30. The Hall–Kier alpha value is -0.630. The summed E-state index contributed by atoms with van der Waals surface area (Å²) in [5, 5.41) is 9.28. The van der Waals surface area contributed by atoms with E-state index in [1.165, 1.54) is 0 Å². The van der Waals surface area contributed by atoms with Gasteiger partial charge in [-0.1, -0.05) is 12.2 Å². The number of allylic oxidation sites excluding steroid dienone is 2. The molecule has 2 aliphatic carbocycles. The molecule has 0 heterocycles. The van der Waals surface area contributed by atoms with E-state index < -0.39 is 0 Å². The first-order chi connectivity index (χ1) is 5.80. The van der Waals surface area contributed by atoms with E-state index in [0.717, 1.165) is 19.1 Å². The molecule has 0 aromatic carbocycles. The number of carbonyl (C=O) groups is 1. The van der Waals surface area contributed by atoms with Crippen LogP contribution in [0.3, 0.4) is 0 Å². The maximum atomic E-state index is 10.5. The minimum atomic E-state index is -0.0961. The second kappa shape index (κ2) is 2.70. The van der Waals surface area contributed by atoms with Crippen molar-refractivity contribution in [2.75, 3.05) is 6.61 Å². The second-order valence-corrected chi connectivity index (χ2v) is 4.08. The van der Waals surface area contributed by atoms with Crippen LogP contribution in [0.5, 0.6) is 0 Å². The van der Waals surface area contributed by atoms with Gasteiger partial charge in [0.2, 0.25) is 0 Å². The molecule has 0 saturated heterocycles. The van der Waals surface area contributed by atoms with Gasteiger partial charge in [0, 0.05) is 18.4 Å². The van der Waals surface area contributed by atoms with Crippen LogP contribution < -0.4 is 0 Å². The largest absolute Gasteiger partial charge is 0.396 e. The highest BCUT2D eigenvalue weighted by atomic mass is 16.3. The third-order valence-corrected chi connectivity index (χ3v) is 3.43. The van der Waals surface area contributed by atoms with Gasteiger partial charge in [-0.15, -0.1) is 0 Å². The molecule has 2 rings (SSSR count). The van der Waals surface area contributed by atoms with Crippen LogP contribution in [0.1, 0.15) is 19.3 Å². The average Bonchev–Trinajstić information content (AvgIpc) is 2.64. The zero-order valence-electron chi connectivity index (χ0n) is 7.07. The minimum absolute atomic E-state index is 0.0961. The summed E-state index contributed by atoms with van der Waals surface area (Å²) >= 11 is 0. The van der Waals surface area contributed by atoms with Crippen LogP contribution in [0.25, 0.3) is 0 Å². The molecule has 1 fully saturated rings. The number of rotatable bonds is 3. The average molecular weight is 166 g/mol. The third kappa shape index (κ3) is 0.944. The van der Waals surface area contributed by atoms with E-state index in [9.17, 15) is 9.90 Å². The predicted molar refractivity (Wildman–Crippen MR) is 45.6 cm³/mol. The molecule has 0 spiro atoms. The first-order valence-corrected chi connectivity index (χ1v) is 4.53. The Bertz CT molecular complexity index is 222. The molecule has 3 atom stereocenters. The fourth-order valence-corrected chi connectivity index (χ4v) is 2.70. The molecule has 2 bridgehead atoms. The van der Waals surface area contributed by atoms with Gasteiger partial charge in [0.15, 0.2) is 0 Å². The molecule has 2 aliphatic rings. The number of carbonyl (C=O) groups excluding carboxylic acids is 1. The Morgan fingerprint density at radius 1 is 1.58 bits per heavy atom. The highest BCUT2D eigenvalue weighted by molar-refractivity contribution is 5.51. The van der Waals surface area contributed by atoms with Crippen molar-refractivity contribution in [1.82, 2.24) is 0 Å². The number of fused-ring (bicyclic) bond motifs is 2. The maximum Gasteiger partial charge on any atom is 0.120 e. The molecule has 1 saturated carbocycles. The van der Waals surface area contributed by atoms with Gasteiger partial charge in [-0.2, -0.15) is 0 Å². The Kier molecular flexibility index (Phi) is 1.80. The molecule has 0 radical (unpaired) electrons. The van der Waals surface area contributed by atoms with Gasteiger partial charge >= 0.3 is 0 Å². The molecule has 3 unspecified atom stereocenters. The van der Waals surface area contributed by atoms with Gasteiger partial charge in [0.1, 0.15) is 6.29 Å². The molecule has 0 aliphatic heterocycles. The highest BCUT2D eigenvalue weighted by Gasteiger charge is 2.47. The van der Waals surface area contributed by atoms with Crippen molar-refractivity contribution in [3.05, 3.63) is 12.2 Å². The van der Waals surface area contributed by atoms with E-state index in [1.807, 2.05) is 0 Å². The molecule has 2 nitrogen and oxygen atoms in total. The van der Waals surface area contributed by atoms with Crippen LogP contribution in [0.15, 0.2) is 12.2 Å². The topological polar surface area (TPSA) is 37.3 Å². The van der Waals surface area contributed by atoms with Gasteiger partial charge < -0.3 is 9.90 Å². The fourth-order valence-electron chi connectivity index (χ4n) is 2.70. The monoisotopic (exact) mass is 166 g/mol. The lowest BCUT2D eigenvalue weighted by atomic mass is 9.74. The third-order valence-electron chi connectivity index (χ3n) is 3.43. The first-order valence-electron chi connectivity index (χ1n) is 4.53. The molecule has 12 heavy (non-hydrogen) atoms. The van der Waals surface area contributed by atoms with Crippen molar-refractivity contribution in [3.8, 4) is 0 Å². The summed E-state index contributed by atoms with van der Waals surface area (Å²) < 4.78 is 0. The number of hydrogen-bond donors (Lipinski definition) is 1. The van der Waals surface area contributed by atoms with Crippen molar-refractivity contribution >= 4 is 6.29 Å². The number of aliphatic hydroxyl groups excluding tert-OH is 1. The Balaban J connectivity index is 2.19. The van der Waals surface area contributed by atoms with E-state index in [1.54, 1.807) is 0 Å². The van der Waals surface area contributed by atoms with Crippen LogP contribution in [0, 0.1) is 17.3 Å². The van der Waals surface area contributed by atoms with E-state index in [-0.39, 0.29) is 12.0 Å². The Morgan fingerprint density at radius 3 is 2.83 bits per heavy atom. The summed E-state index contributed by atoms with van der Waals surface area (Å²) in [5.41, 5.74) is -0.0961. The van der Waals surface area contributed by atoms with Crippen LogP contribution in [0.2, 0.25) is 0 Å². The van der Waals surface area contributed by atoms with Crippen LogP contribution in [0.4, 0.5) is 0 Å². The minimum Gasteiger partial charge on any atom is -0.396 e. The second-order valence-electron chi connectivity index (χ2n) is 4.08. The summed E-state index contributed by atoms with van der Waals surface area (Å²) in [7, 11) is 0. The Labute approximate surface area is 72.3 Å². The van der Waals surface area contributed by atoms with E-state index in [2.05, 4.69) is 12.2 Å². The highest BCUT2D eigenvalue weighted by Crippen LogP contribution is 2.53. The Morgan fingerprint density at radius 2 is 2.42 bits per heavy atom. The lowest BCUT2D eigenvalue weighted by molar-refractivity contribution is -0.111. The van der Waals surface area contributed by atoms with Crippen molar-refractivity contribution in [3.63, 3.8) is 0 Å². The zero-order chi connectivity index (χ0) is 8.60. The maximum absolute atomic E-state index is 10.5. The van der Waals surface area contributed by atoms with Gasteiger partial charge in [-0.25, -0.2) is 0 Å². The summed E-state index contributed by atoms with van der Waals surface area (Å²) in [5.74, 6) is 1.08. The van der Waals surface area contributed by atoms with Crippen molar-refractivity contribution in [2.45, 2.75) is 19.3 Å². The summed E-state index contributed by atoms with van der Waals surface area (Å²) in [6, 6.07) is 0. The summed E-state index contributed by atoms with van der Waals surface area (Å²) in [6.45, 7) is 0.164. The summed E-state index contributed by atoms with van der Waals surface area (Å²) in [4.78, 5) is 10.5. The SMILES string of the molecule is O=CCC1(CO)CC2C=CC1C2. The molecule has 2 heteroatoms. The fraction of sp³-hybridized carbons (Fsp3) is 0.700. The normalized spacial score (nSPS) is 43.8. The molecule has 0 amide bonds. The molecule has 0 aromatic rings. The van der Waals surface area contributed by atoms with Crippen molar-refractivity contribution in [2.24, 2.45) is 17.3 Å². The molecule has 66 valence electrons.